The van der Waals surface area contributed by atoms with Gasteiger partial charge in [0.25, 0.3) is 0 Å². The summed E-state index contributed by atoms with van der Waals surface area (Å²) in [5, 5.41) is 0. The first-order chi connectivity index (χ1) is 7.04. The van der Waals surface area contributed by atoms with Gasteiger partial charge in [0, 0.05) is 5.57 Å². The van der Waals surface area contributed by atoms with Gasteiger partial charge in [0.05, 0.1) is 0 Å². The third-order valence-corrected chi connectivity index (χ3v) is 3.37. The molecule has 1 saturated carbocycles. The summed E-state index contributed by atoms with van der Waals surface area (Å²) >= 11 is 0. The average Bonchev–Trinajstić information content (AvgIpc) is 2.20. The molecule has 0 amide bonds. The molecule has 1 aliphatic rings. The summed E-state index contributed by atoms with van der Waals surface area (Å²) in [4.78, 5) is 11.6. The molecule has 0 heterocycles. The molecule has 2 nitrogen and oxygen atoms in total. The summed E-state index contributed by atoms with van der Waals surface area (Å²) in [5.41, 5.74) is 0.709. The van der Waals surface area contributed by atoms with E-state index in [9.17, 15) is 4.79 Å². The van der Waals surface area contributed by atoms with E-state index in [1.54, 1.807) is 13.0 Å². The van der Waals surface area contributed by atoms with E-state index in [0.29, 0.717) is 11.5 Å². The van der Waals surface area contributed by atoms with E-state index in [4.69, 9.17) is 4.74 Å². The lowest BCUT2D eigenvalue weighted by atomic mass is 9.81. The molecular weight excluding hydrogens is 188 g/mol. The molecule has 0 aromatic heterocycles. The van der Waals surface area contributed by atoms with E-state index in [1.807, 2.05) is 6.92 Å². The quantitative estimate of drug-likeness (QED) is 0.516. The van der Waals surface area contributed by atoms with E-state index in [0.717, 1.165) is 12.3 Å². The van der Waals surface area contributed by atoms with E-state index in [-0.39, 0.29) is 12.1 Å². The van der Waals surface area contributed by atoms with Crippen LogP contribution in [0.15, 0.2) is 11.6 Å². The van der Waals surface area contributed by atoms with Crippen LogP contribution in [0.1, 0.15) is 47.0 Å². The third kappa shape index (κ3) is 3.37. The number of carbonyl (C=O) groups is 1. The zero-order chi connectivity index (χ0) is 11.4. The van der Waals surface area contributed by atoms with Crippen molar-refractivity contribution in [1.82, 2.24) is 0 Å². The van der Waals surface area contributed by atoms with Gasteiger partial charge >= 0.3 is 5.97 Å². The molecular formula is C13H22O2. The number of carbonyl (C=O) groups excluding carboxylic acids is 1. The summed E-state index contributed by atoms with van der Waals surface area (Å²) in [7, 11) is 0. The maximum Gasteiger partial charge on any atom is 0.333 e. The number of hydrogen-bond donors (Lipinski definition) is 0. The summed E-state index contributed by atoms with van der Waals surface area (Å²) in [6, 6.07) is 0. The molecule has 1 aliphatic carbocycles. The Balaban J connectivity index is 2.48. The monoisotopic (exact) mass is 210 g/mol. The fourth-order valence-electron chi connectivity index (χ4n) is 2.16. The van der Waals surface area contributed by atoms with Crippen molar-refractivity contribution in [2.24, 2.45) is 11.8 Å². The first kappa shape index (κ1) is 12.3. The van der Waals surface area contributed by atoms with Gasteiger partial charge in [-0.05, 0) is 44.9 Å². The molecule has 2 heteroatoms. The Kier molecular flexibility index (Phi) is 4.37. The number of allylic oxidation sites excluding steroid dienone is 1. The number of esters is 1. The van der Waals surface area contributed by atoms with Gasteiger partial charge in [0.2, 0.25) is 0 Å². The molecule has 0 radical (unpaired) electrons. The van der Waals surface area contributed by atoms with Crippen LogP contribution in [0.4, 0.5) is 0 Å². The summed E-state index contributed by atoms with van der Waals surface area (Å²) in [6.45, 7) is 8.12. The zero-order valence-corrected chi connectivity index (χ0v) is 10.2. The van der Waals surface area contributed by atoms with Gasteiger partial charge in [-0.25, -0.2) is 4.79 Å². The van der Waals surface area contributed by atoms with Gasteiger partial charge in [-0.3, -0.25) is 0 Å². The third-order valence-electron chi connectivity index (χ3n) is 3.37. The Morgan fingerprint density at radius 3 is 2.53 bits per heavy atom. The molecule has 0 aliphatic heterocycles. The highest BCUT2D eigenvalue weighted by Gasteiger charge is 2.28. The Hall–Kier alpha value is -0.790. The van der Waals surface area contributed by atoms with Gasteiger partial charge < -0.3 is 4.74 Å². The van der Waals surface area contributed by atoms with Crippen LogP contribution in [0.5, 0.6) is 0 Å². The van der Waals surface area contributed by atoms with Crippen LogP contribution in [0, 0.1) is 11.8 Å². The fourth-order valence-corrected chi connectivity index (χ4v) is 2.16. The van der Waals surface area contributed by atoms with Gasteiger partial charge in [-0.15, -0.1) is 0 Å². The van der Waals surface area contributed by atoms with Gasteiger partial charge in [-0.2, -0.15) is 0 Å². The predicted octanol–water partition coefficient (Wildman–Crippen LogP) is 3.32. The maximum absolute atomic E-state index is 11.6. The van der Waals surface area contributed by atoms with E-state index < -0.39 is 0 Å². The predicted molar refractivity (Wildman–Crippen MR) is 61.5 cm³/mol. The van der Waals surface area contributed by atoms with Crippen molar-refractivity contribution in [1.29, 1.82) is 0 Å². The molecule has 3 atom stereocenters. The first-order valence-corrected chi connectivity index (χ1v) is 5.88. The second-order valence-electron chi connectivity index (χ2n) is 4.81. The minimum atomic E-state index is -0.149. The van der Waals surface area contributed by atoms with E-state index in [1.165, 1.54) is 12.8 Å². The molecule has 3 unspecified atom stereocenters. The Labute approximate surface area is 92.7 Å². The molecule has 0 bridgehead atoms. The molecule has 15 heavy (non-hydrogen) atoms. The standard InChI is InChI=1S/C13H22O2/c1-5-10(3)13(14)15-12-7-6-9(2)8-11(12)4/h5,9,11-12H,6-8H2,1-4H3. The van der Waals surface area contributed by atoms with E-state index >= 15 is 0 Å². The second kappa shape index (κ2) is 5.34. The number of ether oxygens (including phenoxy) is 1. The van der Waals surface area contributed by atoms with Gasteiger partial charge in [0.15, 0.2) is 0 Å². The SMILES string of the molecule is CC=C(C)C(=O)OC1CCC(C)CC1C. The van der Waals surface area contributed by atoms with Crippen molar-refractivity contribution >= 4 is 5.97 Å². The highest BCUT2D eigenvalue weighted by atomic mass is 16.5. The van der Waals surface area contributed by atoms with Crippen LogP contribution in [0.2, 0.25) is 0 Å². The van der Waals surface area contributed by atoms with Crippen molar-refractivity contribution in [2.45, 2.75) is 53.1 Å². The average molecular weight is 210 g/mol. The highest BCUT2D eigenvalue weighted by Crippen LogP contribution is 2.30. The van der Waals surface area contributed by atoms with Gasteiger partial charge in [0.1, 0.15) is 6.10 Å². The lowest BCUT2D eigenvalue weighted by Crippen LogP contribution is -2.31. The van der Waals surface area contributed by atoms with Gasteiger partial charge in [-0.1, -0.05) is 19.9 Å². The van der Waals surface area contributed by atoms with Crippen LogP contribution in [-0.2, 0) is 9.53 Å². The molecule has 86 valence electrons. The molecule has 1 rings (SSSR count). The van der Waals surface area contributed by atoms with Crippen molar-refractivity contribution in [3.63, 3.8) is 0 Å². The normalized spacial score (nSPS) is 32.5. The van der Waals surface area contributed by atoms with Crippen LogP contribution < -0.4 is 0 Å². The fraction of sp³-hybridized carbons (Fsp3) is 0.769. The molecule has 0 N–H and O–H groups in total. The Morgan fingerprint density at radius 2 is 2.00 bits per heavy atom. The van der Waals surface area contributed by atoms with E-state index in [2.05, 4.69) is 13.8 Å². The first-order valence-electron chi connectivity index (χ1n) is 5.88. The van der Waals surface area contributed by atoms with Crippen LogP contribution in [0.3, 0.4) is 0 Å². The molecule has 0 saturated heterocycles. The zero-order valence-electron chi connectivity index (χ0n) is 10.2. The molecule has 0 aromatic carbocycles. The van der Waals surface area contributed by atoms with Crippen LogP contribution in [-0.4, -0.2) is 12.1 Å². The minimum absolute atomic E-state index is 0.128. The van der Waals surface area contributed by atoms with Crippen LogP contribution in [0.25, 0.3) is 0 Å². The lowest BCUT2D eigenvalue weighted by molar-refractivity contribution is -0.148. The number of hydrogen-bond acceptors (Lipinski definition) is 2. The Bertz CT molecular complexity index is 255. The van der Waals surface area contributed by atoms with Crippen LogP contribution >= 0.6 is 0 Å². The largest absolute Gasteiger partial charge is 0.459 e. The van der Waals surface area contributed by atoms with Crippen molar-refractivity contribution < 1.29 is 9.53 Å². The smallest absolute Gasteiger partial charge is 0.333 e. The summed E-state index contributed by atoms with van der Waals surface area (Å²) < 4.78 is 5.50. The topological polar surface area (TPSA) is 26.3 Å². The van der Waals surface area contributed by atoms with Crippen molar-refractivity contribution in [3.05, 3.63) is 11.6 Å². The molecule has 0 spiro atoms. The van der Waals surface area contributed by atoms with Crippen molar-refractivity contribution in [2.75, 3.05) is 0 Å². The highest BCUT2D eigenvalue weighted by molar-refractivity contribution is 5.87. The molecule has 0 aromatic rings. The second-order valence-corrected chi connectivity index (χ2v) is 4.81. The summed E-state index contributed by atoms with van der Waals surface area (Å²) in [6.07, 6.45) is 5.30. The minimum Gasteiger partial charge on any atom is -0.459 e. The lowest BCUT2D eigenvalue weighted by Gasteiger charge is -2.32. The van der Waals surface area contributed by atoms with Crippen molar-refractivity contribution in [3.8, 4) is 0 Å². The summed E-state index contributed by atoms with van der Waals surface area (Å²) in [5.74, 6) is 1.13. The maximum atomic E-state index is 11.6. The molecule has 1 fully saturated rings. The number of rotatable bonds is 2. The Morgan fingerprint density at radius 1 is 1.33 bits per heavy atom.